The second-order valence-corrected chi connectivity index (χ2v) is 9.03. The molecule has 0 atom stereocenters. The van der Waals surface area contributed by atoms with Crippen LogP contribution in [0.4, 0.5) is 15.0 Å². The number of benzene rings is 1. The summed E-state index contributed by atoms with van der Waals surface area (Å²) in [4.78, 5) is 32.8. The molecular formula is C24H34FN7O2. The fourth-order valence-corrected chi connectivity index (χ4v) is 4.69. The third-order valence-electron chi connectivity index (χ3n) is 6.67. The molecule has 0 unspecified atom stereocenters. The number of piperazine rings is 1. The Bertz CT molecular complexity index is 999. The van der Waals surface area contributed by atoms with E-state index in [1.165, 1.54) is 4.57 Å². The Morgan fingerprint density at radius 1 is 1.15 bits per heavy atom. The second kappa shape index (κ2) is 11.5. The van der Waals surface area contributed by atoms with E-state index >= 15 is 0 Å². The van der Waals surface area contributed by atoms with Crippen LogP contribution in [-0.4, -0.2) is 76.9 Å². The molecule has 2 amide bonds. The van der Waals surface area contributed by atoms with Crippen LogP contribution in [0.1, 0.15) is 31.2 Å². The minimum Gasteiger partial charge on any atom is -0.328 e. The molecule has 1 aliphatic heterocycles. The Hall–Kier alpha value is -2.82. The van der Waals surface area contributed by atoms with Crippen molar-refractivity contribution in [3.8, 4) is 5.69 Å². The number of hydrogen-bond donors (Lipinski definition) is 3. The predicted molar refractivity (Wildman–Crippen MR) is 130 cm³/mol. The van der Waals surface area contributed by atoms with Crippen molar-refractivity contribution in [2.75, 3.05) is 44.7 Å². The van der Waals surface area contributed by atoms with E-state index in [1.54, 1.807) is 17.2 Å². The van der Waals surface area contributed by atoms with Crippen LogP contribution in [0.15, 0.2) is 41.3 Å². The molecule has 34 heavy (non-hydrogen) atoms. The number of carbonyl (C=O) groups excluding carboxylic acids is 1. The van der Waals surface area contributed by atoms with E-state index in [4.69, 9.17) is 5.73 Å². The Kier molecular flexibility index (Phi) is 8.25. The highest BCUT2D eigenvalue weighted by Crippen LogP contribution is 2.24. The fraction of sp³-hybridized carbons (Fsp3) is 0.542. The van der Waals surface area contributed by atoms with Gasteiger partial charge in [-0.25, -0.2) is 14.0 Å². The van der Waals surface area contributed by atoms with Crippen molar-refractivity contribution in [3.63, 3.8) is 0 Å². The van der Waals surface area contributed by atoms with E-state index < -0.39 is 5.69 Å². The topological polar surface area (TPSA) is 109 Å². The minimum absolute atomic E-state index is 0.232. The molecule has 0 spiro atoms. The minimum atomic E-state index is -0.469. The summed E-state index contributed by atoms with van der Waals surface area (Å²) in [5, 5.41) is 5.89. The molecule has 1 saturated heterocycles. The first-order valence-corrected chi connectivity index (χ1v) is 12.0. The summed E-state index contributed by atoms with van der Waals surface area (Å²) in [5.41, 5.74) is 7.30. The molecule has 1 aromatic heterocycles. The van der Waals surface area contributed by atoms with Gasteiger partial charge in [0.15, 0.2) is 0 Å². The quantitative estimate of drug-likeness (QED) is 0.567. The zero-order valence-electron chi connectivity index (χ0n) is 19.5. The smallest absolute Gasteiger partial charge is 0.328 e. The zero-order chi connectivity index (χ0) is 23.9. The zero-order valence-corrected chi connectivity index (χ0v) is 19.5. The lowest BCUT2D eigenvalue weighted by Gasteiger charge is -2.35. The van der Waals surface area contributed by atoms with Gasteiger partial charge in [-0.05, 0) is 49.4 Å². The molecule has 9 nitrogen and oxygen atoms in total. The number of nitrogens with two attached hydrogens (primary N) is 1. The van der Waals surface area contributed by atoms with Crippen molar-refractivity contribution in [2.45, 2.75) is 44.3 Å². The molecule has 2 aromatic rings. The third-order valence-corrected chi connectivity index (χ3v) is 6.67. The monoisotopic (exact) mass is 471 g/mol. The Morgan fingerprint density at radius 2 is 1.85 bits per heavy atom. The molecule has 1 aromatic carbocycles. The molecule has 184 valence electrons. The van der Waals surface area contributed by atoms with Crippen molar-refractivity contribution in [1.82, 2.24) is 24.7 Å². The van der Waals surface area contributed by atoms with Crippen LogP contribution in [-0.2, 0) is 6.54 Å². The number of halogens is 1. The number of amides is 2. The summed E-state index contributed by atoms with van der Waals surface area (Å²) >= 11 is 0. The van der Waals surface area contributed by atoms with Crippen LogP contribution in [0.25, 0.3) is 5.69 Å². The first-order valence-electron chi connectivity index (χ1n) is 12.0. The number of urea groups is 1. The van der Waals surface area contributed by atoms with Crippen LogP contribution in [0.2, 0.25) is 0 Å². The summed E-state index contributed by atoms with van der Waals surface area (Å²) in [7, 11) is 0. The maximum absolute atomic E-state index is 13.2. The van der Waals surface area contributed by atoms with Gasteiger partial charge in [-0.15, -0.1) is 0 Å². The number of rotatable bonds is 7. The SMILES string of the molecule is NC1CCC(N(CCF)Cc2ccc(-n3ccc(NC(=O)N4CCNCC4)nc3=O)cc2)CC1. The average Bonchev–Trinajstić information content (AvgIpc) is 2.85. The predicted octanol–water partition coefficient (Wildman–Crippen LogP) is 1.71. The fourth-order valence-electron chi connectivity index (χ4n) is 4.69. The van der Waals surface area contributed by atoms with Crippen LogP contribution in [0.5, 0.6) is 0 Å². The van der Waals surface area contributed by atoms with E-state index in [0.29, 0.717) is 37.9 Å². The number of anilines is 1. The molecule has 0 radical (unpaired) electrons. The van der Waals surface area contributed by atoms with E-state index in [9.17, 15) is 14.0 Å². The van der Waals surface area contributed by atoms with Crippen LogP contribution in [0.3, 0.4) is 0 Å². The number of hydrogen-bond acceptors (Lipinski definition) is 6. The lowest BCUT2D eigenvalue weighted by Crippen LogP contribution is -2.48. The largest absolute Gasteiger partial charge is 0.354 e. The number of aromatic nitrogens is 2. The van der Waals surface area contributed by atoms with Crippen molar-refractivity contribution >= 4 is 11.8 Å². The maximum Gasteiger partial charge on any atom is 0.354 e. The van der Waals surface area contributed by atoms with Crippen LogP contribution in [0, 0.1) is 0 Å². The highest BCUT2D eigenvalue weighted by Gasteiger charge is 2.24. The molecule has 4 rings (SSSR count). The molecular weight excluding hydrogens is 437 g/mol. The molecule has 2 aliphatic rings. The summed E-state index contributed by atoms with van der Waals surface area (Å²) in [6.07, 6.45) is 5.57. The van der Waals surface area contributed by atoms with Crippen LogP contribution >= 0.6 is 0 Å². The molecule has 10 heteroatoms. The van der Waals surface area contributed by atoms with Crippen LogP contribution < -0.4 is 22.1 Å². The van der Waals surface area contributed by atoms with Gasteiger partial charge in [0.25, 0.3) is 0 Å². The van der Waals surface area contributed by atoms with Gasteiger partial charge in [0.1, 0.15) is 12.5 Å². The Morgan fingerprint density at radius 3 is 2.50 bits per heavy atom. The highest BCUT2D eigenvalue weighted by molar-refractivity contribution is 5.88. The van der Waals surface area contributed by atoms with E-state index in [1.807, 2.05) is 24.3 Å². The Labute approximate surface area is 199 Å². The molecule has 1 saturated carbocycles. The number of nitrogens with one attached hydrogen (secondary N) is 2. The normalized spacial score (nSPS) is 21.0. The van der Waals surface area contributed by atoms with Crippen molar-refractivity contribution in [1.29, 1.82) is 0 Å². The number of carbonyl (C=O) groups is 1. The van der Waals surface area contributed by atoms with E-state index in [2.05, 4.69) is 20.5 Å². The Balaban J connectivity index is 1.39. The van der Waals surface area contributed by atoms with Crippen molar-refractivity contribution < 1.29 is 9.18 Å². The molecule has 2 heterocycles. The summed E-state index contributed by atoms with van der Waals surface area (Å²) in [6.45, 7) is 3.43. The van der Waals surface area contributed by atoms with Gasteiger partial charge < -0.3 is 16.0 Å². The lowest BCUT2D eigenvalue weighted by atomic mass is 9.90. The lowest BCUT2D eigenvalue weighted by molar-refractivity contribution is 0.132. The molecule has 4 N–H and O–H groups in total. The first-order chi connectivity index (χ1) is 16.5. The standard InChI is InChI=1S/C24H34FN7O2/c25-10-14-31(20-7-3-19(26)4-8-20)17-18-1-5-21(6-2-18)32-13-9-22(29-24(32)34)28-23(33)30-15-11-27-12-16-30/h1-2,5-6,9,13,19-20,27H,3-4,7-8,10-12,14-17,26H2,(H,28,29,33,34). The molecule has 2 fully saturated rings. The highest BCUT2D eigenvalue weighted by atomic mass is 19.1. The van der Waals surface area contributed by atoms with E-state index in [-0.39, 0.29) is 24.6 Å². The average molecular weight is 472 g/mol. The van der Waals surface area contributed by atoms with Crippen molar-refractivity contribution in [3.05, 3.63) is 52.6 Å². The summed E-state index contributed by atoms with van der Waals surface area (Å²) in [5.74, 6) is 0.232. The summed E-state index contributed by atoms with van der Waals surface area (Å²) in [6, 6.07) is 9.62. The van der Waals surface area contributed by atoms with Gasteiger partial charge in [0, 0.05) is 57.5 Å². The van der Waals surface area contributed by atoms with Crippen molar-refractivity contribution in [2.24, 2.45) is 5.73 Å². The van der Waals surface area contributed by atoms with Gasteiger partial charge in [-0.3, -0.25) is 14.8 Å². The third kappa shape index (κ3) is 6.19. The van der Waals surface area contributed by atoms with Gasteiger partial charge >= 0.3 is 11.7 Å². The van der Waals surface area contributed by atoms with Gasteiger partial charge in [-0.1, -0.05) is 12.1 Å². The van der Waals surface area contributed by atoms with Gasteiger partial charge in [-0.2, -0.15) is 4.98 Å². The number of nitrogens with zero attached hydrogens (tertiary/aromatic N) is 4. The van der Waals surface area contributed by atoms with Gasteiger partial charge in [0.2, 0.25) is 0 Å². The first kappa shape index (κ1) is 24.3. The summed E-state index contributed by atoms with van der Waals surface area (Å²) < 4.78 is 14.6. The second-order valence-electron chi connectivity index (χ2n) is 9.03. The molecule has 0 bridgehead atoms. The molecule has 1 aliphatic carbocycles. The van der Waals surface area contributed by atoms with Gasteiger partial charge in [0.05, 0.1) is 5.69 Å². The maximum atomic E-state index is 13.2. The number of alkyl halides is 1. The van der Waals surface area contributed by atoms with E-state index in [0.717, 1.165) is 44.3 Å².